The summed E-state index contributed by atoms with van der Waals surface area (Å²) in [6, 6.07) is -2.97. The van der Waals surface area contributed by atoms with Crippen molar-refractivity contribution in [3.63, 3.8) is 0 Å². The highest BCUT2D eigenvalue weighted by Gasteiger charge is 2.30. The average molecular weight is 361 g/mol. The Morgan fingerprint density at radius 2 is 1.44 bits per heavy atom. The second-order valence-corrected chi connectivity index (χ2v) is 6.19. The van der Waals surface area contributed by atoms with Crippen molar-refractivity contribution in [1.82, 2.24) is 16.0 Å². The van der Waals surface area contributed by atoms with Crippen molar-refractivity contribution in [3.05, 3.63) is 0 Å². The van der Waals surface area contributed by atoms with E-state index in [1.54, 1.807) is 0 Å². The summed E-state index contributed by atoms with van der Waals surface area (Å²) in [5.74, 6) is -1.91. The van der Waals surface area contributed by atoms with E-state index in [1.807, 2.05) is 0 Å². The Labute approximate surface area is 146 Å². The molecule has 0 spiro atoms. The number of esters is 1. The lowest BCUT2D eigenvalue weighted by Crippen LogP contribution is -2.55. The summed E-state index contributed by atoms with van der Waals surface area (Å²) in [4.78, 5) is 47.0. The zero-order chi connectivity index (χ0) is 19.8. The first-order chi connectivity index (χ1) is 11.4. The van der Waals surface area contributed by atoms with Crippen LogP contribution < -0.4 is 16.0 Å². The van der Waals surface area contributed by atoms with Crippen molar-refractivity contribution in [2.75, 3.05) is 14.2 Å². The van der Waals surface area contributed by atoms with E-state index >= 15 is 0 Å². The number of amides is 3. The van der Waals surface area contributed by atoms with Gasteiger partial charge < -0.3 is 30.5 Å². The van der Waals surface area contributed by atoms with Crippen molar-refractivity contribution >= 4 is 23.9 Å². The van der Waals surface area contributed by atoms with E-state index in [1.165, 1.54) is 34.8 Å². The van der Waals surface area contributed by atoms with Gasteiger partial charge in [0.05, 0.1) is 19.8 Å². The second kappa shape index (κ2) is 9.82. The van der Waals surface area contributed by atoms with Crippen LogP contribution in [0.2, 0.25) is 0 Å². The number of carbonyl (C=O) groups excluding carboxylic acids is 4. The lowest BCUT2D eigenvalue weighted by atomic mass is 9.98. The van der Waals surface area contributed by atoms with E-state index in [0.29, 0.717) is 0 Å². The number of rotatable bonds is 8. The Hall–Kier alpha value is -2.36. The fourth-order valence-electron chi connectivity index (χ4n) is 1.86. The molecular weight excluding hydrogens is 334 g/mol. The summed E-state index contributed by atoms with van der Waals surface area (Å²) in [7, 11) is 2.33. The molecule has 25 heavy (non-hydrogen) atoms. The normalized spacial score (nSPS) is 14.5. The predicted octanol–water partition coefficient (Wildman–Crippen LogP) is -0.946. The first-order valence-electron chi connectivity index (χ1n) is 7.66. The molecule has 144 valence electrons. The molecule has 0 rings (SSSR count). The summed E-state index contributed by atoms with van der Waals surface area (Å²) in [5.41, 5.74) is -1.24. The average Bonchev–Trinajstić information content (AvgIpc) is 2.51. The third-order valence-electron chi connectivity index (χ3n) is 3.16. The molecule has 0 aromatic carbocycles. The lowest BCUT2D eigenvalue weighted by Gasteiger charge is -2.26. The number of nitrogens with one attached hydrogen (secondary N) is 3. The van der Waals surface area contributed by atoms with Gasteiger partial charge >= 0.3 is 12.1 Å². The van der Waals surface area contributed by atoms with Gasteiger partial charge in [-0.2, -0.15) is 0 Å². The second-order valence-electron chi connectivity index (χ2n) is 6.19. The molecule has 0 radical (unpaired) electrons. The van der Waals surface area contributed by atoms with Gasteiger partial charge in [0.15, 0.2) is 0 Å². The highest BCUT2D eigenvalue weighted by Crippen LogP contribution is 2.11. The third-order valence-corrected chi connectivity index (χ3v) is 3.16. The zero-order valence-corrected chi connectivity index (χ0v) is 15.3. The SMILES string of the molecule is COC(=O)N[C@H](CC(C)(C)O)C(=O)N[C@@H](C)C(=O)N[C@@H](C)C(=O)OC. The molecular formula is C15H27N3O7. The van der Waals surface area contributed by atoms with Gasteiger partial charge in [0.2, 0.25) is 11.8 Å². The number of ether oxygens (including phenoxy) is 2. The molecule has 0 bridgehead atoms. The molecule has 0 aliphatic carbocycles. The summed E-state index contributed by atoms with van der Waals surface area (Å²) >= 11 is 0. The summed E-state index contributed by atoms with van der Waals surface area (Å²) in [6.45, 7) is 5.80. The van der Waals surface area contributed by atoms with Crippen molar-refractivity contribution < 1.29 is 33.8 Å². The van der Waals surface area contributed by atoms with E-state index in [-0.39, 0.29) is 6.42 Å². The molecule has 0 aromatic rings. The lowest BCUT2D eigenvalue weighted by molar-refractivity contribution is -0.144. The molecule has 10 heteroatoms. The van der Waals surface area contributed by atoms with Gasteiger partial charge in [-0.05, 0) is 27.7 Å². The van der Waals surface area contributed by atoms with Crippen molar-refractivity contribution in [3.8, 4) is 0 Å². The fourth-order valence-corrected chi connectivity index (χ4v) is 1.86. The molecule has 3 amide bonds. The predicted molar refractivity (Wildman–Crippen MR) is 87.5 cm³/mol. The molecule has 0 heterocycles. The maximum atomic E-state index is 12.3. The molecule has 0 unspecified atom stereocenters. The van der Waals surface area contributed by atoms with Gasteiger partial charge in [0.25, 0.3) is 0 Å². The third kappa shape index (κ3) is 8.89. The van der Waals surface area contributed by atoms with Crippen molar-refractivity contribution in [2.24, 2.45) is 0 Å². The van der Waals surface area contributed by atoms with Crippen LogP contribution in [0.3, 0.4) is 0 Å². The quantitative estimate of drug-likeness (QED) is 0.408. The minimum atomic E-state index is -1.24. The standard InChI is InChI=1S/C15H27N3O7/c1-8(11(19)17-9(2)13(21)24-5)16-12(20)10(7-15(3,4)23)18-14(22)25-6/h8-10,23H,7H2,1-6H3,(H,16,20)(H,17,19)(H,18,22)/t8-,9-,10+/m0/s1. The van der Waals surface area contributed by atoms with Crippen LogP contribution in [-0.2, 0) is 23.9 Å². The summed E-state index contributed by atoms with van der Waals surface area (Å²) in [5, 5.41) is 17.0. The Morgan fingerprint density at radius 1 is 0.920 bits per heavy atom. The number of aliphatic hydroxyl groups is 1. The molecule has 0 aromatic heterocycles. The van der Waals surface area contributed by atoms with Gasteiger partial charge in [-0.25, -0.2) is 9.59 Å². The zero-order valence-electron chi connectivity index (χ0n) is 15.3. The Balaban J connectivity index is 4.87. The molecule has 0 saturated heterocycles. The van der Waals surface area contributed by atoms with Crippen LogP contribution in [0.25, 0.3) is 0 Å². The van der Waals surface area contributed by atoms with Crippen LogP contribution in [-0.4, -0.2) is 66.9 Å². The van der Waals surface area contributed by atoms with Crippen molar-refractivity contribution in [2.45, 2.75) is 57.8 Å². The Bertz CT molecular complexity index is 502. The number of hydrogen-bond donors (Lipinski definition) is 4. The summed E-state index contributed by atoms with van der Waals surface area (Å²) < 4.78 is 8.94. The number of carbonyl (C=O) groups is 4. The van der Waals surface area contributed by atoms with E-state index in [4.69, 9.17) is 0 Å². The number of alkyl carbamates (subject to hydrolysis) is 1. The van der Waals surface area contributed by atoms with Crippen LogP contribution in [0.1, 0.15) is 34.1 Å². The minimum Gasteiger partial charge on any atom is -0.467 e. The van der Waals surface area contributed by atoms with E-state index < -0.39 is 47.6 Å². The largest absolute Gasteiger partial charge is 0.467 e. The number of methoxy groups -OCH3 is 2. The molecule has 4 N–H and O–H groups in total. The first kappa shape index (κ1) is 22.6. The summed E-state index contributed by atoms with van der Waals surface area (Å²) in [6.07, 6.45) is -0.943. The van der Waals surface area contributed by atoms with E-state index in [0.717, 1.165) is 7.11 Å². The highest BCUT2D eigenvalue weighted by molar-refractivity contribution is 5.92. The van der Waals surface area contributed by atoms with Gasteiger partial charge in [0.1, 0.15) is 18.1 Å². The van der Waals surface area contributed by atoms with Crippen LogP contribution >= 0.6 is 0 Å². The van der Waals surface area contributed by atoms with Crippen LogP contribution in [0.5, 0.6) is 0 Å². The topological polar surface area (TPSA) is 143 Å². The van der Waals surface area contributed by atoms with Crippen LogP contribution in [0, 0.1) is 0 Å². The molecule has 0 aliphatic heterocycles. The van der Waals surface area contributed by atoms with Crippen LogP contribution in [0.15, 0.2) is 0 Å². The Kier molecular flexibility index (Phi) is 8.89. The molecule has 0 fully saturated rings. The molecule has 3 atom stereocenters. The van der Waals surface area contributed by atoms with Gasteiger partial charge in [-0.15, -0.1) is 0 Å². The molecule has 0 aliphatic rings. The van der Waals surface area contributed by atoms with E-state index in [9.17, 15) is 24.3 Å². The smallest absolute Gasteiger partial charge is 0.407 e. The monoisotopic (exact) mass is 361 g/mol. The van der Waals surface area contributed by atoms with Gasteiger partial charge in [-0.3, -0.25) is 9.59 Å². The van der Waals surface area contributed by atoms with Gasteiger partial charge in [-0.1, -0.05) is 0 Å². The molecule has 0 saturated carbocycles. The molecule has 10 nitrogen and oxygen atoms in total. The maximum absolute atomic E-state index is 12.3. The first-order valence-corrected chi connectivity index (χ1v) is 7.66. The number of hydrogen-bond acceptors (Lipinski definition) is 7. The minimum absolute atomic E-state index is 0.0964. The van der Waals surface area contributed by atoms with E-state index in [2.05, 4.69) is 25.4 Å². The maximum Gasteiger partial charge on any atom is 0.407 e. The van der Waals surface area contributed by atoms with Crippen LogP contribution in [0.4, 0.5) is 4.79 Å². The van der Waals surface area contributed by atoms with Gasteiger partial charge in [0, 0.05) is 6.42 Å². The van der Waals surface area contributed by atoms with Crippen molar-refractivity contribution in [1.29, 1.82) is 0 Å². The Morgan fingerprint density at radius 3 is 1.88 bits per heavy atom. The highest BCUT2D eigenvalue weighted by atomic mass is 16.5. The fraction of sp³-hybridized carbons (Fsp3) is 0.733.